The molecule has 3 aromatic rings. The Labute approximate surface area is 217 Å². The van der Waals surface area contributed by atoms with Crippen molar-refractivity contribution in [2.75, 3.05) is 25.0 Å². The fraction of sp³-hybridized carbons (Fsp3) is 0.321. The van der Waals surface area contributed by atoms with Crippen molar-refractivity contribution in [3.8, 4) is 11.1 Å². The van der Waals surface area contributed by atoms with E-state index in [2.05, 4.69) is 52.8 Å². The fourth-order valence-electron chi connectivity index (χ4n) is 4.24. The molecule has 2 heterocycles. The summed E-state index contributed by atoms with van der Waals surface area (Å²) in [5.41, 5.74) is 4.66. The summed E-state index contributed by atoms with van der Waals surface area (Å²) in [4.78, 5) is 20.0. The lowest BCUT2D eigenvalue weighted by Gasteiger charge is -2.33. The summed E-state index contributed by atoms with van der Waals surface area (Å²) in [5, 5.41) is 10.1. The Kier molecular flexibility index (Phi) is 8.66. The quantitative estimate of drug-likeness (QED) is 0.294. The third-order valence-corrected chi connectivity index (χ3v) is 7.75. The van der Waals surface area contributed by atoms with Gasteiger partial charge in [0.25, 0.3) is 5.91 Å². The first-order valence-electron chi connectivity index (χ1n) is 12.2. The first-order chi connectivity index (χ1) is 17.1. The van der Waals surface area contributed by atoms with Crippen molar-refractivity contribution in [1.82, 2.24) is 15.2 Å². The molecule has 7 heteroatoms. The van der Waals surface area contributed by atoms with E-state index in [1.54, 1.807) is 11.3 Å². The van der Waals surface area contributed by atoms with Gasteiger partial charge in [0, 0.05) is 42.2 Å². The van der Waals surface area contributed by atoms with Crippen LogP contribution in [0, 0.1) is 0 Å². The highest BCUT2D eigenvalue weighted by Gasteiger charge is 2.25. The lowest BCUT2D eigenvalue weighted by Crippen LogP contribution is -2.43. The summed E-state index contributed by atoms with van der Waals surface area (Å²) in [5.74, 6) is 0.192. The number of thiazole rings is 1. The van der Waals surface area contributed by atoms with Gasteiger partial charge in [-0.25, -0.2) is 4.98 Å². The summed E-state index contributed by atoms with van der Waals surface area (Å²) in [7, 11) is 0. The molecule has 0 saturated carbocycles. The van der Waals surface area contributed by atoms with E-state index in [0.29, 0.717) is 11.6 Å². The van der Waals surface area contributed by atoms with Gasteiger partial charge >= 0.3 is 0 Å². The van der Waals surface area contributed by atoms with Crippen LogP contribution in [0.4, 0.5) is 5.69 Å². The zero-order chi connectivity index (χ0) is 24.6. The van der Waals surface area contributed by atoms with Crippen LogP contribution in [0.1, 0.15) is 53.7 Å². The maximum absolute atomic E-state index is 13.1. The monoisotopic (exact) mass is 504 g/mol. The van der Waals surface area contributed by atoms with Crippen molar-refractivity contribution in [1.29, 1.82) is 0 Å². The maximum atomic E-state index is 13.1. The number of benzene rings is 2. The number of thiocarbonyl (C=S) groups is 1. The topological polar surface area (TPSA) is 57.3 Å². The molecule has 2 N–H and O–H groups in total. The van der Waals surface area contributed by atoms with Crippen LogP contribution in [-0.4, -0.2) is 40.5 Å². The Morgan fingerprint density at radius 1 is 1.17 bits per heavy atom. The van der Waals surface area contributed by atoms with Crippen molar-refractivity contribution >= 4 is 40.3 Å². The van der Waals surface area contributed by atoms with Crippen molar-refractivity contribution in [2.45, 2.75) is 39.0 Å². The van der Waals surface area contributed by atoms with Crippen LogP contribution < -0.4 is 10.6 Å². The lowest BCUT2D eigenvalue weighted by atomic mass is 9.98. The third-order valence-electron chi connectivity index (χ3n) is 6.34. The Morgan fingerprint density at radius 3 is 2.63 bits per heavy atom. The average Bonchev–Trinajstić information content (AvgIpc) is 3.40. The van der Waals surface area contributed by atoms with Crippen molar-refractivity contribution in [3.05, 3.63) is 82.3 Å². The number of amides is 1. The van der Waals surface area contributed by atoms with Gasteiger partial charge in [-0.1, -0.05) is 61.5 Å². The highest BCUT2D eigenvalue weighted by molar-refractivity contribution is 7.80. The summed E-state index contributed by atoms with van der Waals surface area (Å²) in [6.45, 7) is 6.71. The molecule has 1 saturated heterocycles. The summed E-state index contributed by atoms with van der Waals surface area (Å²) >= 11 is 7.09. The predicted molar refractivity (Wildman–Crippen MR) is 150 cm³/mol. The van der Waals surface area contributed by atoms with Crippen LogP contribution in [0.5, 0.6) is 0 Å². The van der Waals surface area contributed by atoms with Crippen molar-refractivity contribution < 1.29 is 4.79 Å². The molecule has 35 heavy (non-hydrogen) atoms. The Bertz CT molecular complexity index is 1180. The molecular weight excluding hydrogens is 472 g/mol. The average molecular weight is 505 g/mol. The van der Waals surface area contributed by atoms with Gasteiger partial charge in [0.1, 0.15) is 5.69 Å². The molecule has 0 atom stereocenters. The normalized spacial score (nSPS) is 14.3. The van der Waals surface area contributed by atoms with Gasteiger partial charge in [-0.2, -0.15) is 0 Å². The number of hydrogen-bond donors (Lipinski definition) is 2. The minimum atomic E-state index is -0.170. The van der Waals surface area contributed by atoms with Gasteiger partial charge in [-0.05, 0) is 55.6 Å². The summed E-state index contributed by atoms with van der Waals surface area (Å²) < 4.78 is 0. The second-order valence-electron chi connectivity index (χ2n) is 8.64. The Hall–Kier alpha value is -3.03. The second kappa shape index (κ2) is 12.1. The van der Waals surface area contributed by atoms with E-state index in [4.69, 9.17) is 17.2 Å². The number of para-hydroxylation sites is 1. The minimum Gasteiger partial charge on any atom is -0.359 e. The number of anilines is 1. The second-order valence-corrected chi connectivity index (χ2v) is 9.91. The van der Waals surface area contributed by atoms with E-state index in [1.165, 1.54) is 5.56 Å². The fourth-order valence-corrected chi connectivity index (χ4v) is 5.47. The molecule has 4 rings (SSSR count). The maximum Gasteiger partial charge on any atom is 0.275 e. The zero-order valence-electron chi connectivity index (χ0n) is 20.3. The highest BCUT2D eigenvalue weighted by atomic mass is 32.1. The molecular formula is C28H32N4OS2. The molecule has 182 valence electrons. The highest BCUT2D eigenvalue weighted by Crippen LogP contribution is 2.32. The molecule has 1 aliphatic heterocycles. The van der Waals surface area contributed by atoms with E-state index < -0.39 is 0 Å². The summed E-state index contributed by atoms with van der Waals surface area (Å²) in [6, 6.07) is 16.4. The number of carbonyl (C=O) groups excluding carboxylic acids is 1. The van der Waals surface area contributed by atoms with Crippen LogP contribution >= 0.6 is 23.6 Å². The molecule has 0 bridgehead atoms. The van der Waals surface area contributed by atoms with Crippen LogP contribution in [0.3, 0.4) is 0 Å². The van der Waals surface area contributed by atoms with E-state index in [-0.39, 0.29) is 5.91 Å². The van der Waals surface area contributed by atoms with E-state index >= 15 is 0 Å². The largest absolute Gasteiger partial charge is 0.359 e. The van der Waals surface area contributed by atoms with Gasteiger partial charge in [-0.15, -0.1) is 11.3 Å². The smallest absolute Gasteiger partial charge is 0.275 e. The van der Waals surface area contributed by atoms with E-state index in [9.17, 15) is 4.79 Å². The van der Waals surface area contributed by atoms with Crippen molar-refractivity contribution in [2.24, 2.45) is 0 Å². The number of likely N-dealkylation sites (tertiary alicyclic amines) is 1. The number of piperidine rings is 1. The van der Waals surface area contributed by atoms with E-state index in [0.717, 1.165) is 65.8 Å². The van der Waals surface area contributed by atoms with E-state index in [1.807, 2.05) is 42.6 Å². The number of aromatic nitrogens is 1. The molecule has 0 radical (unpaired) electrons. The lowest BCUT2D eigenvalue weighted by molar-refractivity contribution is 0.102. The minimum absolute atomic E-state index is 0.170. The molecule has 1 fully saturated rings. The first kappa shape index (κ1) is 25.1. The van der Waals surface area contributed by atoms with Gasteiger partial charge in [0.15, 0.2) is 5.11 Å². The number of nitrogens with zero attached hydrogens (tertiary/aromatic N) is 2. The number of allylic oxidation sites excluding steroid dienone is 1. The Balaban J connectivity index is 1.38. The third kappa shape index (κ3) is 6.35. The Morgan fingerprint density at radius 2 is 1.91 bits per heavy atom. The van der Waals surface area contributed by atoms with Gasteiger partial charge < -0.3 is 15.5 Å². The molecule has 0 spiro atoms. The number of nitrogens with one attached hydrogen (secondary N) is 2. The summed E-state index contributed by atoms with van der Waals surface area (Å²) in [6.07, 6.45) is 7.04. The zero-order valence-corrected chi connectivity index (χ0v) is 21.9. The molecule has 5 nitrogen and oxygen atoms in total. The molecule has 2 aromatic carbocycles. The van der Waals surface area contributed by atoms with Crippen LogP contribution in [0.2, 0.25) is 0 Å². The number of aryl methyl sites for hydroxylation is 1. The number of carbonyl (C=O) groups is 1. The first-order valence-corrected chi connectivity index (χ1v) is 13.5. The molecule has 1 aliphatic rings. The molecule has 0 aliphatic carbocycles. The SMILES string of the molecule is C/C=C/CNC(=S)N1CCC(c2nc(C(=O)Nc3ccccc3-c3ccc(CC)cc3)cs2)CC1. The van der Waals surface area contributed by atoms with Gasteiger partial charge in [0.05, 0.1) is 5.01 Å². The molecule has 1 aromatic heterocycles. The van der Waals surface area contributed by atoms with Gasteiger partial charge in [0.2, 0.25) is 0 Å². The number of hydrogen-bond acceptors (Lipinski definition) is 4. The molecule has 1 amide bonds. The molecule has 0 unspecified atom stereocenters. The van der Waals surface area contributed by atoms with Crippen LogP contribution in [-0.2, 0) is 6.42 Å². The standard InChI is InChI=1S/C28H32N4OS2/c1-3-5-16-29-28(34)32-17-14-22(15-18-32)27-31-25(19-35-27)26(33)30-24-9-7-6-8-23(24)21-12-10-20(4-2)11-13-21/h3,5-13,19,22H,4,14-18H2,1-2H3,(H,29,34)(H,30,33)/b5-3+. The predicted octanol–water partition coefficient (Wildman–Crippen LogP) is 6.25. The number of rotatable bonds is 7. The van der Waals surface area contributed by atoms with Crippen LogP contribution in [0.15, 0.2) is 66.1 Å². The van der Waals surface area contributed by atoms with Crippen LogP contribution in [0.25, 0.3) is 11.1 Å². The van der Waals surface area contributed by atoms with Gasteiger partial charge in [-0.3, -0.25) is 4.79 Å². The van der Waals surface area contributed by atoms with Crippen molar-refractivity contribution in [3.63, 3.8) is 0 Å².